The number of aromatic nitrogens is 2. The first kappa shape index (κ1) is 8.17. The number of piperidine rings is 1. The summed E-state index contributed by atoms with van der Waals surface area (Å²) in [5.41, 5.74) is 1.91. The van der Waals surface area contributed by atoms with Crippen LogP contribution >= 0.6 is 0 Å². The van der Waals surface area contributed by atoms with Gasteiger partial charge < -0.3 is 10.7 Å². The van der Waals surface area contributed by atoms with Gasteiger partial charge in [-0.1, -0.05) is 0 Å². The van der Waals surface area contributed by atoms with Gasteiger partial charge in [-0.3, -0.25) is 4.68 Å². The Morgan fingerprint density at radius 1 is 1.43 bits per heavy atom. The van der Waals surface area contributed by atoms with Crippen LogP contribution < -0.4 is 5.32 Å². The lowest BCUT2D eigenvalue weighted by Crippen LogP contribution is -2.41. The fraction of sp³-hybridized carbons (Fsp3) is 0.600. The van der Waals surface area contributed by atoms with Gasteiger partial charge in [0.15, 0.2) is 0 Å². The molecule has 1 aromatic rings. The minimum Gasteiger partial charge on any atom is -0.317 e. The van der Waals surface area contributed by atoms with E-state index in [-0.39, 0.29) is 5.41 Å². The molecular formula is C10H14N4. The first-order valence-electron chi connectivity index (χ1n) is 5.14. The van der Waals surface area contributed by atoms with Crippen LogP contribution in [0.15, 0.2) is 12.3 Å². The molecule has 0 unspecified atom stereocenters. The number of hydrogen-bond donors (Lipinski definition) is 2. The Morgan fingerprint density at radius 3 is 2.93 bits per heavy atom. The van der Waals surface area contributed by atoms with Crippen LogP contribution in [0.1, 0.15) is 18.5 Å². The molecule has 1 fully saturated rings. The van der Waals surface area contributed by atoms with Gasteiger partial charge in [-0.25, -0.2) is 0 Å². The SMILES string of the molecule is N=C1c2ccnn2CC12CCNCC2. The summed E-state index contributed by atoms with van der Waals surface area (Å²) in [6.45, 7) is 2.98. The number of nitrogens with one attached hydrogen (secondary N) is 2. The third-order valence-corrected chi connectivity index (χ3v) is 3.52. The van der Waals surface area contributed by atoms with Gasteiger partial charge in [-0.05, 0) is 32.0 Å². The number of rotatable bonds is 0. The summed E-state index contributed by atoms with van der Waals surface area (Å²) in [7, 11) is 0. The van der Waals surface area contributed by atoms with Crippen molar-refractivity contribution in [2.24, 2.45) is 5.41 Å². The first-order chi connectivity index (χ1) is 6.82. The summed E-state index contributed by atoms with van der Waals surface area (Å²) < 4.78 is 1.98. The molecule has 2 N–H and O–H groups in total. The van der Waals surface area contributed by atoms with Crippen molar-refractivity contribution in [2.45, 2.75) is 19.4 Å². The van der Waals surface area contributed by atoms with E-state index < -0.39 is 0 Å². The zero-order valence-corrected chi connectivity index (χ0v) is 8.08. The summed E-state index contributed by atoms with van der Waals surface area (Å²) >= 11 is 0. The van der Waals surface area contributed by atoms with Crippen LogP contribution in [0.5, 0.6) is 0 Å². The molecule has 2 aliphatic rings. The lowest BCUT2D eigenvalue weighted by molar-refractivity contribution is 0.268. The van der Waals surface area contributed by atoms with E-state index in [1.165, 1.54) is 0 Å². The van der Waals surface area contributed by atoms with Crippen LogP contribution in [0.3, 0.4) is 0 Å². The van der Waals surface area contributed by atoms with Gasteiger partial charge in [-0.15, -0.1) is 0 Å². The third-order valence-electron chi connectivity index (χ3n) is 3.52. The Bertz CT molecular complexity index is 373. The molecule has 0 radical (unpaired) electrons. The van der Waals surface area contributed by atoms with E-state index in [0.717, 1.165) is 43.9 Å². The van der Waals surface area contributed by atoms with Gasteiger partial charge >= 0.3 is 0 Å². The topological polar surface area (TPSA) is 53.7 Å². The van der Waals surface area contributed by atoms with Crippen LogP contribution in [0.2, 0.25) is 0 Å². The standard InChI is InChI=1S/C10H14N4/c11-9-8-1-4-13-14(8)7-10(9)2-5-12-6-3-10/h1,4,11-12H,2-3,5-7H2. The lowest BCUT2D eigenvalue weighted by atomic mass is 9.76. The van der Waals surface area contributed by atoms with Crippen LogP contribution in [0.25, 0.3) is 0 Å². The molecule has 14 heavy (non-hydrogen) atoms. The summed E-state index contributed by atoms with van der Waals surface area (Å²) in [5.74, 6) is 0. The predicted octanol–water partition coefficient (Wildman–Crippen LogP) is 0.634. The summed E-state index contributed by atoms with van der Waals surface area (Å²) in [4.78, 5) is 0. The molecule has 2 aliphatic heterocycles. The summed E-state index contributed by atoms with van der Waals surface area (Å²) in [6.07, 6.45) is 3.95. The van der Waals surface area contributed by atoms with E-state index in [1.807, 2.05) is 10.7 Å². The van der Waals surface area contributed by atoms with E-state index in [2.05, 4.69) is 10.4 Å². The van der Waals surface area contributed by atoms with Crippen LogP contribution in [0.4, 0.5) is 0 Å². The molecule has 3 heterocycles. The predicted molar refractivity (Wildman–Crippen MR) is 53.6 cm³/mol. The highest BCUT2D eigenvalue weighted by Gasteiger charge is 2.43. The fourth-order valence-corrected chi connectivity index (χ4v) is 2.62. The van der Waals surface area contributed by atoms with Crippen molar-refractivity contribution < 1.29 is 0 Å². The van der Waals surface area contributed by atoms with Crippen LogP contribution in [-0.2, 0) is 6.54 Å². The number of nitrogens with zero attached hydrogens (tertiary/aromatic N) is 2. The molecular weight excluding hydrogens is 176 g/mol. The average Bonchev–Trinajstić information content (AvgIpc) is 2.73. The molecule has 0 saturated carbocycles. The van der Waals surface area contributed by atoms with Crippen molar-refractivity contribution in [1.29, 1.82) is 5.41 Å². The van der Waals surface area contributed by atoms with Crippen molar-refractivity contribution in [2.75, 3.05) is 13.1 Å². The molecule has 3 rings (SSSR count). The van der Waals surface area contributed by atoms with E-state index in [1.54, 1.807) is 6.20 Å². The molecule has 74 valence electrons. The van der Waals surface area contributed by atoms with Crippen LogP contribution in [-0.4, -0.2) is 28.6 Å². The Balaban J connectivity index is 1.99. The van der Waals surface area contributed by atoms with Crippen molar-refractivity contribution >= 4 is 5.71 Å². The third kappa shape index (κ3) is 0.917. The summed E-state index contributed by atoms with van der Waals surface area (Å²) in [6, 6.07) is 1.96. The zero-order chi connectivity index (χ0) is 9.60. The first-order valence-corrected chi connectivity index (χ1v) is 5.14. The highest BCUT2D eigenvalue weighted by molar-refractivity contribution is 6.03. The lowest BCUT2D eigenvalue weighted by Gasteiger charge is -2.32. The molecule has 0 atom stereocenters. The van der Waals surface area contributed by atoms with Gasteiger partial charge in [0.2, 0.25) is 0 Å². The van der Waals surface area contributed by atoms with Crippen molar-refractivity contribution in [3.8, 4) is 0 Å². The Morgan fingerprint density at radius 2 is 2.21 bits per heavy atom. The molecule has 0 aromatic carbocycles. The molecule has 4 nitrogen and oxygen atoms in total. The maximum atomic E-state index is 8.20. The van der Waals surface area contributed by atoms with E-state index >= 15 is 0 Å². The second-order valence-electron chi connectivity index (χ2n) is 4.28. The molecule has 0 amide bonds. The Hall–Kier alpha value is -1.16. The fourth-order valence-electron chi connectivity index (χ4n) is 2.62. The van der Waals surface area contributed by atoms with Gasteiger partial charge in [-0.2, -0.15) is 5.10 Å². The Labute approximate surface area is 82.8 Å². The van der Waals surface area contributed by atoms with E-state index in [4.69, 9.17) is 5.41 Å². The molecule has 1 saturated heterocycles. The largest absolute Gasteiger partial charge is 0.317 e. The molecule has 0 bridgehead atoms. The smallest absolute Gasteiger partial charge is 0.0824 e. The van der Waals surface area contributed by atoms with Crippen LogP contribution in [0, 0.1) is 10.8 Å². The minimum atomic E-state index is 0.0921. The monoisotopic (exact) mass is 190 g/mol. The van der Waals surface area contributed by atoms with Gasteiger partial charge in [0.05, 0.1) is 18.0 Å². The number of fused-ring (bicyclic) bond motifs is 1. The summed E-state index contributed by atoms with van der Waals surface area (Å²) in [5, 5.41) is 15.8. The van der Waals surface area contributed by atoms with Crippen molar-refractivity contribution in [1.82, 2.24) is 15.1 Å². The van der Waals surface area contributed by atoms with E-state index in [0.29, 0.717) is 0 Å². The second-order valence-corrected chi connectivity index (χ2v) is 4.28. The van der Waals surface area contributed by atoms with Gasteiger partial charge in [0, 0.05) is 11.6 Å². The molecule has 0 aliphatic carbocycles. The van der Waals surface area contributed by atoms with Gasteiger partial charge in [0.1, 0.15) is 0 Å². The van der Waals surface area contributed by atoms with Crippen molar-refractivity contribution in [3.05, 3.63) is 18.0 Å². The zero-order valence-electron chi connectivity index (χ0n) is 8.08. The Kier molecular flexibility index (Phi) is 1.56. The number of hydrogen-bond acceptors (Lipinski definition) is 3. The normalized spacial score (nSPS) is 24.1. The maximum absolute atomic E-state index is 8.20. The second kappa shape index (κ2) is 2.67. The van der Waals surface area contributed by atoms with Crippen molar-refractivity contribution in [3.63, 3.8) is 0 Å². The van der Waals surface area contributed by atoms with E-state index in [9.17, 15) is 0 Å². The highest BCUT2D eigenvalue weighted by atomic mass is 15.3. The molecule has 1 aromatic heterocycles. The highest BCUT2D eigenvalue weighted by Crippen LogP contribution is 2.39. The molecule has 1 spiro atoms. The average molecular weight is 190 g/mol. The minimum absolute atomic E-state index is 0.0921. The maximum Gasteiger partial charge on any atom is 0.0824 e. The molecule has 4 heteroatoms. The quantitative estimate of drug-likeness (QED) is 0.630. The van der Waals surface area contributed by atoms with Gasteiger partial charge in [0.25, 0.3) is 0 Å².